The number of benzene rings is 2. The van der Waals surface area contributed by atoms with Crippen molar-refractivity contribution in [2.45, 2.75) is 19.1 Å². The molecule has 5 nitrogen and oxygen atoms in total. The van der Waals surface area contributed by atoms with Gasteiger partial charge in [0, 0.05) is 24.4 Å². The molecule has 2 atom stereocenters. The van der Waals surface area contributed by atoms with Crippen LogP contribution < -0.4 is 11.1 Å². The van der Waals surface area contributed by atoms with Crippen LogP contribution in [0.2, 0.25) is 0 Å². The average Bonchev–Trinajstić information content (AvgIpc) is 3.06. The fourth-order valence-corrected chi connectivity index (χ4v) is 2.89. The molecule has 0 bridgehead atoms. The molecular weight excluding hydrogens is 292 g/mol. The first-order valence-electron chi connectivity index (χ1n) is 7.80. The van der Waals surface area contributed by atoms with Crippen molar-refractivity contribution in [2.24, 2.45) is 11.7 Å². The Morgan fingerprint density at radius 1 is 1.22 bits per heavy atom. The van der Waals surface area contributed by atoms with Gasteiger partial charge in [-0.15, -0.1) is 0 Å². The summed E-state index contributed by atoms with van der Waals surface area (Å²) >= 11 is 0. The van der Waals surface area contributed by atoms with Crippen molar-refractivity contribution in [2.75, 3.05) is 13.2 Å². The molecule has 3 N–H and O–H groups in total. The lowest BCUT2D eigenvalue weighted by molar-refractivity contribution is -0.122. The van der Waals surface area contributed by atoms with Crippen LogP contribution in [-0.4, -0.2) is 31.1 Å². The van der Waals surface area contributed by atoms with Gasteiger partial charge in [0.25, 0.3) is 0 Å². The molecular formula is C18H20N2O3. The van der Waals surface area contributed by atoms with Crippen molar-refractivity contribution in [3.05, 3.63) is 48.0 Å². The van der Waals surface area contributed by atoms with E-state index in [1.54, 1.807) is 6.07 Å². The van der Waals surface area contributed by atoms with E-state index in [2.05, 4.69) is 5.32 Å². The molecule has 1 heterocycles. The zero-order chi connectivity index (χ0) is 16.2. The number of fused-ring (bicyclic) bond motifs is 1. The molecule has 120 valence electrons. The molecule has 3 rings (SSSR count). The van der Waals surface area contributed by atoms with Crippen molar-refractivity contribution in [3.63, 3.8) is 0 Å². The number of carbonyl (C=O) groups excluding carboxylic acids is 2. The number of rotatable bonds is 6. The van der Waals surface area contributed by atoms with Gasteiger partial charge in [-0.05, 0) is 23.3 Å². The minimum atomic E-state index is -0.524. The number of hydrogen-bond donors (Lipinski definition) is 2. The minimum absolute atomic E-state index is 0.0717. The maximum atomic E-state index is 12.5. The van der Waals surface area contributed by atoms with Crippen LogP contribution in [0.1, 0.15) is 23.2 Å². The lowest BCUT2D eigenvalue weighted by Gasteiger charge is -2.17. The number of hydrogen-bond acceptors (Lipinski definition) is 4. The number of amides is 1. The van der Waals surface area contributed by atoms with Crippen LogP contribution >= 0.6 is 0 Å². The van der Waals surface area contributed by atoms with E-state index in [-0.39, 0.29) is 18.4 Å². The van der Waals surface area contributed by atoms with Crippen LogP contribution in [0.15, 0.2) is 42.5 Å². The van der Waals surface area contributed by atoms with Gasteiger partial charge in [0.2, 0.25) is 5.91 Å². The van der Waals surface area contributed by atoms with Crippen LogP contribution in [0, 0.1) is 5.92 Å². The van der Waals surface area contributed by atoms with Gasteiger partial charge >= 0.3 is 0 Å². The lowest BCUT2D eigenvalue weighted by atomic mass is 9.93. The number of nitrogens with two attached hydrogens (primary N) is 1. The third-order valence-corrected chi connectivity index (χ3v) is 4.20. The van der Waals surface area contributed by atoms with Gasteiger partial charge in [-0.1, -0.05) is 36.4 Å². The second kappa shape index (κ2) is 6.89. The molecule has 0 aromatic heterocycles. The zero-order valence-corrected chi connectivity index (χ0v) is 12.8. The Morgan fingerprint density at radius 3 is 2.70 bits per heavy atom. The first kappa shape index (κ1) is 15.6. The third kappa shape index (κ3) is 3.75. The standard InChI is InChI=1S/C18H20N2O3/c19-18(22)15(11-17-20-7-8-23-17)10-16(21)14-6-5-12-3-1-2-4-13(12)9-14/h1-6,9,15,17,20H,7-8,10-11H2,(H2,19,22). The average molecular weight is 312 g/mol. The van der Waals surface area contributed by atoms with Crippen LogP contribution in [0.25, 0.3) is 10.8 Å². The van der Waals surface area contributed by atoms with Crippen LogP contribution in [-0.2, 0) is 9.53 Å². The molecule has 0 saturated carbocycles. The van der Waals surface area contributed by atoms with Gasteiger partial charge in [0.05, 0.1) is 6.61 Å². The van der Waals surface area contributed by atoms with Gasteiger partial charge in [0.1, 0.15) is 6.23 Å². The van der Waals surface area contributed by atoms with Gasteiger partial charge in [0.15, 0.2) is 5.78 Å². The minimum Gasteiger partial charge on any atom is -0.369 e. The van der Waals surface area contributed by atoms with Gasteiger partial charge in [-0.2, -0.15) is 0 Å². The fourth-order valence-electron chi connectivity index (χ4n) is 2.89. The van der Waals surface area contributed by atoms with E-state index in [9.17, 15) is 9.59 Å². The molecule has 2 aromatic carbocycles. The van der Waals surface area contributed by atoms with Crippen molar-refractivity contribution in [3.8, 4) is 0 Å². The van der Waals surface area contributed by atoms with E-state index < -0.39 is 11.8 Å². The molecule has 1 amide bonds. The van der Waals surface area contributed by atoms with E-state index in [0.29, 0.717) is 18.6 Å². The summed E-state index contributed by atoms with van der Waals surface area (Å²) in [5.41, 5.74) is 6.06. The Morgan fingerprint density at radius 2 is 2.00 bits per heavy atom. The van der Waals surface area contributed by atoms with E-state index >= 15 is 0 Å². The smallest absolute Gasteiger partial charge is 0.221 e. The summed E-state index contributed by atoms with van der Waals surface area (Å²) in [7, 11) is 0. The molecule has 2 unspecified atom stereocenters. The van der Waals surface area contributed by atoms with Crippen molar-refractivity contribution >= 4 is 22.5 Å². The van der Waals surface area contributed by atoms with Crippen LogP contribution in [0.3, 0.4) is 0 Å². The number of ketones is 1. The SMILES string of the molecule is NC(=O)C(CC(=O)c1ccc2ccccc2c1)CC1NCCO1. The largest absolute Gasteiger partial charge is 0.369 e. The Hall–Kier alpha value is -2.24. The second-order valence-electron chi connectivity index (χ2n) is 5.84. The predicted octanol–water partition coefficient (Wildman–Crippen LogP) is 1.85. The van der Waals surface area contributed by atoms with Gasteiger partial charge in [-0.25, -0.2) is 0 Å². The Balaban J connectivity index is 1.72. The first-order valence-corrected chi connectivity index (χ1v) is 7.80. The number of Topliss-reactive ketones (excluding diaryl/α,β-unsaturated/α-hetero) is 1. The molecule has 1 fully saturated rings. The number of nitrogens with one attached hydrogen (secondary N) is 1. The number of carbonyl (C=O) groups is 2. The van der Waals surface area contributed by atoms with E-state index in [1.165, 1.54) is 0 Å². The van der Waals surface area contributed by atoms with Gasteiger partial charge in [-0.3, -0.25) is 14.9 Å². The number of ether oxygens (including phenoxy) is 1. The predicted molar refractivity (Wildman–Crippen MR) is 87.9 cm³/mol. The molecule has 2 aromatic rings. The molecule has 1 aliphatic heterocycles. The van der Waals surface area contributed by atoms with Gasteiger partial charge < -0.3 is 10.5 Å². The Kier molecular flexibility index (Phi) is 4.69. The summed E-state index contributed by atoms with van der Waals surface area (Å²) < 4.78 is 5.45. The fraction of sp³-hybridized carbons (Fsp3) is 0.333. The monoisotopic (exact) mass is 312 g/mol. The third-order valence-electron chi connectivity index (χ3n) is 4.20. The second-order valence-corrected chi connectivity index (χ2v) is 5.84. The molecule has 0 aliphatic carbocycles. The summed E-state index contributed by atoms with van der Waals surface area (Å²) in [6, 6.07) is 13.4. The zero-order valence-electron chi connectivity index (χ0n) is 12.8. The molecule has 1 aliphatic rings. The Bertz CT molecular complexity index is 723. The summed E-state index contributed by atoms with van der Waals surface area (Å²) in [5.74, 6) is -1.06. The normalized spacial score (nSPS) is 18.9. The van der Waals surface area contributed by atoms with Crippen molar-refractivity contribution < 1.29 is 14.3 Å². The topological polar surface area (TPSA) is 81.4 Å². The summed E-state index contributed by atoms with van der Waals surface area (Å²) in [6.45, 7) is 1.38. The highest BCUT2D eigenvalue weighted by Crippen LogP contribution is 2.20. The molecule has 0 radical (unpaired) electrons. The van der Waals surface area contributed by atoms with E-state index in [4.69, 9.17) is 10.5 Å². The highest BCUT2D eigenvalue weighted by atomic mass is 16.5. The summed E-state index contributed by atoms with van der Waals surface area (Å²) in [4.78, 5) is 24.2. The quantitative estimate of drug-likeness (QED) is 0.798. The molecule has 5 heteroatoms. The maximum absolute atomic E-state index is 12.5. The summed E-state index contributed by atoms with van der Waals surface area (Å²) in [6.07, 6.45) is 0.334. The number of primary amides is 1. The van der Waals surface area contributed by atoms with Crippen LogP contribution in [0.5, 0.6) is 0 Å². The lowest BCUT2D eigenvalue weighted by Crippen LogP contribution is -2.33. The maximum Gasteiger partial charge on any atom is 0.221 e. The Labute approximate surface area is 134 Å². The van der Waals surface area contributed by atoms with E-state index in [1.807, 2.05) is 36.4 Å². The van der Waals surface area contributed by atoms with E-state index in [0.717, 1.165) is 17.3 Å². The van der Waals surface area contributed by atoms with Crippen molar-refractivity contribution in [1.82, 2.24) is 5.32 Å². The molecule has 0 spiro atoms. The van der Waals surface area contributed by atoms with Crippen molar-refractivity contribution in [1.29, 1.82) is 0 Å². The summed E-state index contributed by atoms with van der Waals surface area (Å²) in [5, 5.41) is 5.23. The highest BCUT2D eigenvalue weighted by molar-refractivity contribution is 6.01. The highest BCUT2D eigenvalue weighted by Gasteiger charge is 2.26. The van der Waals surface area contributed by atoms with Crippen LogP contribution in [0.4, 0.5) is 0 Å². The molecule has 1 saturated heterocycles. The molecule has 23 heavy (non-hydrogen) atoms. The first-order chi connectivity index (χ1) is 11.1.